The van der Waals surface area contributed by atoms with E-state index in [9.17, 15) is 0 Å². The fourth-order valence-corrected chi connectivity index (χ4v) is 2.78. The Bertz CT molecular complexity index is 567. The van der Waals surface area contributed by atoms with E-state index in [0.717, 1.165) is 17.6 Å². The van der Waals surface area contributed by atoms with Crippen molar-refractivity contribution in [2.45, 2.75) is 33.4 Å². The minimum Gasteiger partial charge on any atom is -0.342 e. The summed E-state index contributed by atoms with van der Waals surface area (Å²) >= 11 is 3.58. The highest BCUT2D eigenvalue weighted by atomic mass is 79.9. The van der Waals surface area contributed by atoms with E-state index in [1.165, 1.54) is 16.9 Å². The summed E-state index contributed by atoms with van der Waals surface area (Å²) < 4.78 is 1.12. The molecular formula is C18H23BrN2. The van der Waals surface area contributed by atoms with Crippen molar-refractivity contribution in [3.8, 4) is 0 Å². The Morgan fingerprint density at radius 1 is 1.10 bits per heavy atom. The van der Waals surface area contributed by atoms with Crippen LogP contribution < -0.4 is 10.2 Å². The van der Waals surface area contributed by atoms with Crippen LogP contribution in [0.4, 0.5) is 11.4 Å². The zero-order valence-corrected chi connectivity index (χ0v) is 14.5. The fraction of sp³-hybridized carbons (Fsp3) is 0.333. The highest BCUT2D eigenvalue weighted by Gasteiger charge is 2.12. The topological polar surface area (TPSA) is 15.3 Å². The van der Waals surface area contributed by atoms with Gasteiger partial charge in [-0.15, -0.1) is 0 Å². The number of hydrogen-bond donors (Lipinski definition) is 1. The van der Waals surface area contributed by atoms with Crippen LogP contribution in [0.3, 0.4) is 0 Å². The maximum atomic E-state index is 3.58. The number of halogens is 1. The lowest BCUT2D eigenvalue weighted by atomic mass is 10.1. The van der Waals surface area contributed by atoms with E-state index in [0.29, 0.717) is 6.04 Å². The molecule has 2 aromatic carbocycles. The van der Waals surface area contributed by atoms with Crippen LogP contribution in [0.5, 0.6) is 0 Å². The van der Waals surface area contributed by atoms with Crippen molar-refractivity contribution in [1.82, 2.24) is 5.32 Å². The quantitative estimate of drug-likeness (QED) is 0.782. The Morgan fingerprint density at radius 3 is 2.43 bits per heavy atom. The average molecular weight is 347 g/mol. The van der Waals surface area contributed by atoms with Crippen molar-refractivity contribution in [3.05, 3.63) is 58.6 Å². The van der Waals surface area contributed by atoms with Crippen LogP contribution in [0.2, 0.25) is 0 Å². The number of hydrogen-bond acceptors (Lipinski definition) is 2. The van der Waals surface area contributed by atoms with Gasteiger partial charge in [0.1, 0.15) is 0 Å². The van der Waals surface area contributed by atoms with Crippen molar-refractivity contribution in [2.75, 3.05) is 11.4 Å². The maximum absolute atomic E-state index is 3.58. The number of rotatable bonds is 6. The highest BCUT2D eigenvalue weighted by Crippen LogP contribution is 2.30. The summed E-state index contributed by atoms with van der Waals surface area (Å²) in [6.07, 6.45) is 0. The Morgan fingerprint density at radius 2 is 1.81 bits per heavy atom. The van der Waals surface area contributed by atoms with Gasteiger partial charge in [0, 0.05) is 35.0 Å². The van der Waals surface area contributed by atoms with Gasteiger partial charge in [-0.3, -0.25) is 0 Å². The molecule has 0 radical (unpaired) electrons. The first-order valence-electron chi connectivity index (χ1n) is 7.46. The van der Waals surface area contributed by atoms with Gasteiger partial charge < -0.3 is 10.2 Å². The van der Waals surface area contributed by atoms with Gasteiger partial charge in [0.25, 0.3) is 0 Å². The van der Waals surface area contributed by atoms with E-state index in [1.807, 2.05) is 0 Å². The lowest BCUT2D eigenvalue weighted by Crippen LogP contribution is -2.24. The predicted molar refractivity (Wildman–Crippen MR) is 95.2 cm³/mol. The second kappa shape index (κ2) is 7.62. The predicted octanol–water partition coefficient (Wildman–Crippen LogP) is 5.11. The van der Waals surface area contributed by atoms with Crippen LogP contribution in [-0.4, -0.2) is 12.6 Å². The monoisotopic (exact) mass is 346 g/mol. The third kappa shape index (κ3) is 4.32. The molecule has 0 atom stereocenters. The highest BCUT2D eigenvalue weighted by molar-refractivity contribution is 9.10. The molecule has 0 spiro atoms. The summed E-state index contributed by atoms with van der Waals surface area (Å²) in [5.74, 6) is 0. The smallest absolute Gasteiger partial charge is 0.0457 e. The molecule has 2 rings (SSSR count). The molecule has 0 aliphatic heterocycles. The number of para-hydroxylation sites is 1. The van der Waals surface area contributed by atoms with Crippen LogP contribution >= 0.6 is 15.9 Å². The minimum absolute atomic E-state index is 0.476. The first kappa shape index (κ1) is 16.1. The minimum atomic E-state index is 0.476. The lowest BCUT2D eigenvalue weighted by Gasteiger charge is -2.26. The van der Waals surface area contributed by atoms with E-state index in [1.54, 1.807) is 0 Å². The molecule has 0 aliphatic carbocycles. The summed E-state index contributed by atoms with van der Waals surface area (Å²) in [7, 11) is 0. The van der Waals surface area contributed by atoms with Crippen LogP contribution in [0.1, 0.15) is 26.3 Å². The third-order valence-corrected chi connectivity index (χ3v) is 3.91. The Labute approximate surface area is 136 Å². The molecule has 0 unspecified atom stereocenters. The van der Waals surface area contributed by atoms with Gasteiger partial charge in [-0.25, -0.2) is 0 Å². The molecule has 3 heteroatoms. The van der Waals surface area contributed by atoms with Gasteiger partial charge >= 0.3 is 0 Å². The Kier molecular flexibility index (Phi) is 5.83. The molecule has 2 aromatic rings. The van der Waals surface area contributed by atoms with Crippen molar-refractivity contribution < 1.29 is 0 Å². The van der Waals surface area contributed by atoms with Crippen molar-refractivity contribution in [1.29, 1.82) is 0 Å². The van der Waals surface area contributed by atoms with Gasteiger partial charge in [0.2, 0.25) is 0 Å². The molecule has 0 saturated heterocycles. The molecule has 0 fully saturated rings. The van der Waals surface area contributed by atoms with E-state index in [4.69, 9.17) is 0 Å². The second-order valence-corrected chi connectivity index (χ2v) is 6.30. The van der Waals surface area contributed by atoms with Gasteiger partial charge in [-0.05, 0) is 42.8 Å². The normalized spacial score (nSPS) is 10.9. The van der Waals surface area contributed by atoms with Crippen molar-refractivity contribution in [3.63, 3.8) is 0 Å². The standard InChI is InChI=1S/C18H23BrN2/c1-4-21(17-8-6-5-7-9-17)18-11-10-16(19)12-15(18)13-20-14(2)3/h5-12,14,20H,4,13H2,1-3H3. The molecule has 0 bridgehead atoms. The Balaban J connectivity index is 2.36. The molecular weight excluding hydrogens is 324 g/mol. The van der Waals surface area contributed by atoms with E-state index < -0.39 is 0 Å². The van der Waals surface area contributed by atoms with Gasteiger partial charge in [-0.1, -0.05) is 48.0 Å². The molecule has 0 heterocycles. The molecule has 21 heavy (non-hydrogen) atoms. The first-order chi connectivity index (χ1) is 10.1. The number of nitrogens with one attached hydrogen (secondary N) is 1. The van der Waals surface area contributed by atoms with E-state index in [-0.39, 0.29) is 0 Å². The summed E-state index contributed by atoms with van der Waals surface area (Å²) in [4.78, 5) is 2.35. The number of benzene rings is 2. The Hall–Kier alpha value is -1.32. The molecule has 1 N–H and O–H groups in total. The summed E-state index contributed by atoms with van der Waals surface area (Å²) in [5, 5.41) is 3.51. The summed E-state index contributed by atoms with van der Waals surface area (Å²) in [5.41, 5.74) is 3.80. The lowest BCUT2D eigenvalue weighted by molar-refractivity contribution is 0.588. The first-order valence-corrected chi connectivity index (χ1v) is 8.25. The molecule has 112 valence electrons. The van der Waals surface area contributed by atoms with Crippen LogP contribution in [0, 0.1) is 0 Å². The molecule has 2 nitrogen and oxygen atoms in total. The van der Waals surface area contributed by atoms with E-state index >= 15 is 0 Å². The summed E-state index contributed by atoms with van der Waals surface area (Å²) in [6.45, 7) is 8.35. The van der Waals surface area contributed by atoms with Crippen LogP contribution in [0.15, 0.2) is 53.0 Å². The second-order valence-electron chi connectivity index (χ2n) is 5.39. The zero-order chi connectivity index (χ0) is 15.2. The largest absolute Gasteiger partial charge is 0.342 e. The van der Waals surface area contributed by atoms with E-state index in [2.05, 4.69) is 95.4 Å². The molecule has 0 amide bonds. The van der Waals surface area contributed by atoms with Crippen LogP contribution in [-0.2, 0) is 6.54 Å². The van der Waals surface area contributed by atoms with Crippen LogP contribution in [0.25, 0.3) is 0 Å². The number of anilines is 2. The zero-order valence-electron chi connectivity index (χ0n) is 12.9. The average Bonchev–Trinajstić information content (AvgIpc) is 2.48. The van der Waals surface area contributed by atoms with Crippen molar-refractivity contribution >= 4 is 27.3 Å². The molecule has 0 aliphatic rings. The third-order valence-electron chi connectivity index (χ3n) is 3.42. The molecule has 0 aromatic heterocycles. The number of nitrogens with zero attached hydrogens (tertiary/aromatic N) is 1. The SMILES string of the molecule is CCN(c1ccccc1)c1ccc(Br)cc1CNC(C)C. The molecule has 0 saturated carbocycles. The maximum Gasteiger partial charge on any atom is 0.0457 e. The summed E-state index contributed by atoms with van der Waals surface area (Å²) in [6, 6.07) is 17.5. The van der Waals surface area contributed by atoms with Gasteiger partial charge in [-0.2, -0.15) is 0 Å². The van der Waals surface area contributed by atoms with Crippen molar-refractivity contribution in [2.24, 2.45) is 0 Å². The van der Waals surface area contributed by atoms with Gasteiger partial charge in [0.15, 0.2) is 0 Å². The van der Waals surface area contributed by atoms with Gasteiger partial charge in [0.05, 0.1) is 0 Å². The fourth-order valence-electron chi connectivity index (χ4n) is 2.37.